The van der Waals surface area contributed by atoms with E-state index < -0.39 is 0 Å². The van der Waals surface area contributed by atoms with Gasteiger partial charge in [-0.2, -0.15) is 0 Å². The van der Waals surface area contributed by atoms with Gasteiger partial charge in [0.2, 0.25) is 0 Å². The number of ether oxygens (including phenoxy) is 3. The molecule has 0 spiro atoms. The van der Waals surface area contributed by atoms with Crippen molar-refractivity contribution in [2.24, 2.45) is 0 Å². The number of carbonyl (C=O) groups excluding carboxylic acids is 1. The summed E-state index contributed by atoms with van der Waals surface area (Å²) >= 11 is 0. The zero-order valence-electron chi connectivity index (χ0n) is 17.4. The molecule has 0 unspecified atom stereocenters. The number of carbonyl (C=O) groups is 1. The van der Waals surface area contributed by atoms with Crippen molar-refractivity contribution in [2.75, 3.05) is 26.3 Å². The van der Waals surface area contributed by atoms with Gasteiger partial charge in [0.15, 0.2) is 0 Å². The summed E-state index contributed by atoms with van der Waals surface area (Å²) in [4.78, 5) is 13.9. The molecule has 1 saturated heterocycles. The summed E-state index contributed by atoms with van der Waals surface area (Å²) in [5, 5.41) is 0. The number of hydrogen-bond acceptors (Lipinski definition) is 5. The van der Waals surface area contributed by atoms with Crippen LogP contribution in [0.1, 0.15) is 38.2 Å². The van der Waals surface area contributed by atoms with Crippen molar-refractivity contribution in [3.8, 4) is 17.2 Å². The van der Waals surface area contributed by atoms with E-state index in [0.717, 1.165) is 43.2 Å². The lowest BCUT2D eigenvalue weighted by atomic mass is 10.2. The minimum atomic E-state index is -0.104. The van der Waals surface area contributed by atoms with Crippen molar-refractivity contribution in [1.82, 2.24) is 4.90 Å². The van der Waals surface area contributed by atoms with E-state index in [1.165, 1.54) is 12.0 Å². The molecule has 1 atom stereocenters. The van der Waals surface area contributed by atoms with Gasteiger partial charge < -0.3 is 14.2 Å². The molecule has 5 heteroatoms. The highest BCUT2D eigenvalue weighted by atomic mass is 16.5. The second kappa shape index (κ2) is 10.9. The Morgan fingerprint density at radius 3 is 2.38 bits per heavy atom. The Balaban J connectivity index is 1.42. The quantitative estimate of drug-likeness (QED) is 0.530. The summed E-state index contributed by atoms with van der Waals surface area (Å²) in [7, 11) is 0. The second-order valence-corrected chi connectivity index (χ2v) is 7.44. The van der Waals surface area contributed by atoms with Crippen LogP contribution in [0.4, 0.5) is 0 Å². The Labute approximate surface area is 173 Å². The standard InChI is InChI=1S/C24H31NO4/c1-3-27-24(26)7-5-17-25-16-4-6-20(25)18-28-21-12-14-23(15-13-21)29-22-10-8-19(2)9-11-22/h8-15,20H,3-7,16-18H2,1-2H3/t20-/m0/s1. The van der Waals surface area contributed by atoms with Crippen LogP contribution in [0, 0.1) is 6.92 Å². The molecule has 0 N–H and O–H groups in total. The fourth-order valence-corrected chi connectivity index (χ4v) is 3.58. The van der Waals surface area contributed by atoms with E-state index in [4.69, 9.17) is 14.2 Å². The normalized spacial score (nSPS) is 16.6. The van der Waals surface area contributed by atoms with Crippen LogP contribution in [0.15, 0.2) is 48.5 Å². The molecule has 5 nitrogen and oxygen atoms in total. The highest BCUT2D eigenvalue weighted by Gasteiger charge is 2.24. The molecule has 0 bridgehead atoms. The molecule has 156 valence electrons. The number of esters is 1. The minimum absolute atomic E-state index is 0.104. The number of benzene rings is 2. The Bertz CT molecular complexity index is 757. The van der Waals surface area contributed by atoms with Gasteiger partial charge in [-0.15, -0.1) is 0 Å². The van der Waals surface area contributed by atoms with Crippen molar-refractivity contribution < 1.29 is 19.0 Å². The van der Waals surface area contributed by atoms with Crippen molar-refractivity contribution in [3.63, 3.8) is 0 Å². The third-order valence-corrected chi connectivity index (χ3v) is 5.15. The third kappa shape index (κ3) is 6.79. The Morgan fingerprint density at radius 2 is 1.69 bits per heavy atom. The maximum atomic E-state index is 11.5. The lowest BCUT2D eigenvalue weighted by Crippen LogP contribution is -2.35. The smallest absolute Gasteiger partial charge is 0.305 e. The SMILES string of the molecule is CCOC(=O)CCCN1CCC[C@H]1COc1ccc(Oc2ccc(C)cc2)cc1. The van der Waals surface area contributed by atoms with Gasteiger partial charge in [-0.25, -0.2) is 0 Å². The third-order valence-electron chi connectivity index (χ3n) is 5.15. The molecular formula is C24H31NO4. The molecule has 1 fully saturated rings. The molecule has 2 aromatic rings. The summed E-state index contributed by atoms with van der Waals surface area (Å²) in [6.45, 7) is 7.00. The van der Waals surface area contributed by atoms with Gasteiger partial charge in [-0.1, -0.05) is 17.7 Å². The predicted molar refractivity (Wildman–Crippen MR) is 114 cm³/mol. The van der Waals surface area contributed by atoms with Crippen LogP contribution in [0.2, 0.25) is 0 Å². The molecular weight excluding hydrogens is 366 g/mol. The van der Waals surface area contributed by atoms with Gasteiger partial charge >= 0.3 is 5.97 Å². The number of aryl methyl sites for hydroxylation is 1. The minimum Gasteiger partial charge on any atom is -0.492 e. The molecule has 0 amide bonds. The highest BCUT2D eigenvalue weighted by molar-refractivity contribution is 5.69. The summed E-state index contributed by atoms with van der Waals surface area (Å²) in [6.07, 6.45) is 3.63. The summed E-state index contributed by atoms with van der Waals surface area (Å²) in [5.41, 5.74) is 1.21. The Morgan fingerprint density at radius 1 is 1.03 bits per heavy atom. The number of nitrogens with zero attached hydrogens (tertiary/aromatic N) is 1. The largest absolute Gasteiger partial charge is 0.492 e. The monoisotopic (exact) mass is 397 g/mol. The second-order valence-electron chi connectivity index (χ2n) is 7.44. The fourth-order valence-electron chi connectivity index (χ4n) is 3.58. The molecule has 1 aliphatic rings. The van der Waals surface area contributed by atoms with Gasteiger partial charge in [0.25, 0.3) is 0 Å². The summed E-state index contributed by atoms with van der Waals surface area (Å²) in [5.74, 6) is 2.36. The number of rotatable bonds is 10. The average molecular weight is 398 g/mol. The first-order valence-corrected chi connectivity index (χ1v) is 10.5. The van der Waals surface area contributed by atoms with Gasteiger partial charge in [-0.3, -0.25) is 9.69 Å². The molecule has 29 heavy (non-hydrogen) atoms. The van der Waals surface area contributed by atoms with Crippen molar-refractivity contribution in [3.05, 3.63) is 54.1 Å². The van der Waals surface area contributed by atoms with Crippen molar-refractivity contribution in [1.29, 1.82) is 0 Å². The van der Waals surface area contributed by atoms with Crippen molar-refractivity contribution in [2.45, 2.75) is 45.6 Å². The Hall–Kier alpha value is -2.53. The van der Waals surface area contributed by atoms with Crippen molar-refractivity contribution >= 4 is 5.97 Å². The summed E-state index contributed by atoms with van der Waals surface area (Å²) < 4.78 is 16.9. The fraction of sp³-hybridized carbons (Fsp3) is 0.458. The lowest BCUT2D eigenvalue weighted by molar-refractivity contribution is -0.143. The van der Waals surface area contributed by atoms with E-state index in [-0.39, 0.29) is 5.97 Å². The van der Waals surface area contributed by atoms with Crippen LogP contribution in [0.25, 0.3) is 0 Å². The topological polar surface area (TPSA) is 48.0 Å². The first-order valence-electron chi connectivity index (χ1n) is 10.5. The maximum Gasteiger partial charge on any atom is 0.305 e. The molecule has 0 radical (unpaired) electrons. The zero-order chi connectivity index (χ0) is 20.5. The maximum absolute atomic E-state index is 11.5. The predicted octanol–water partition coefficient (Wildman–Crippen LogP) is 4.97. The highest BCUT2D eigenvalue weighted by Crippen LogP contribution is 2.25. The van der Waals surface area contributed by atoms with Crippen LogP contribution in [-0.4, -0.2) is 43.2 Å². The number of likely N-dealkylation sites (tertiary alicyclic amines) is 1. The first kappa shape index (κ1) is 21.2. The van der Waals surface area contributed by atoms with Crippen LogP contribution in [0.5, 0.6) is 17.2 Å². The van der Waals surface area contributed by atoms with E-state index in [9.17, 15) is 4.79 Å². The van der Waals surface area contributed by atoms with Crippen LogP contribution in [-0.2, 0) is 9.53 Å². The Kier molecular flexibility index (Phi) is 7.94. The molecule has 0 aliphatic carbocycles. The average Bonchev–Trinajstić information content (AvgIpc) is 3.17. The van der Waals surface area contributed by atoms with E-state index in [0.29, 0.717) is 25.7 Å². The molecule has 0 aromatic heterocycles. The molecule has 0 saturated carbocycles. The molecule has 1 aliphatic heterocycles. The van der Waals surface area contributed by atoms with E-state index >= 15 is 0 Å². The lowest BCUT2D eigenvalue weighted by Gasteiger charge is -2.24. The van der Waals surface area contributed by atoms with Crippen LogP contribution in [0.3, 0.4) is 0 Å². The van der Waals surface area contributed by atoms with Gasteiger partial charge in [0.05, 0.1) is 6.61 Å². The number of hydrogen-bond donors (Lipinski definition) is 0. The van der Waals surface area contributed by atoms with E-state index in [1.807, 2.05) is 55.5 Å². The molecule has 1 heterocycles. The van der Waals surface area contributed by atoms with Crippen LogP contribution >= 0.6 is 0 Å². The van der Waals surface area contributed by atoms with Gasteiger partial charge in [0, 0.05) is 12.5 Å². The molecule has 2 aromatic carbocycles. The zero-order valence-corrected chi connectivity index (χ0v) is 17.4. The van der Waals surface area contributed by atoms with E-state index in [1.54, 1.807) is 0 Å². The van der Waals surface area contributed by atoms with E-state index in [2.05, 4.69) is 11.8 Å². The van der Waals surface area contributed by atoms with Gasteiger partial charge in [0.1, 0.15) is 23.9 Å². The van der Waals surface area contributed by atoms with Gasteiger partial charge in [-0.05, 0) is 82.6 Å². The first-order chi connectivity index (χ1) is 14.1. The summed E-state index contributed by atoms with van der Waals surface area (Å²) in [6, 6.07) is 16.2. The molecule has 3 rings (SSSR count). The van der Waals surface area contributed by atoms with Crippen LogP contribution < -0.4 is 9.47 Å².